The maximum atomic E-state index is 13.3. The van der Waals surface area contributed by atoms with Crippen LogP contribution in [0.3, 0.4) is 0 Å². The first-order valence-electron chi connectivity index (χ1n) is 10.7. The predicted octanol–water partition coefficient (Wildman–Crippen LogP) is 4.25. The number of rotatable bonds is 8. The molecule has 0 spiro atoms. The van der Waals surface area contributed by atoms with E-state index in [0.29, 0.717) is 15.6 Å². The number of halogens is 2. The zero-order valence-electron chi connectivity index (χ0n) is 20.2. The van der Waals surface area contributed by atoms with Gasteiger partial charge in [-0.1, -0.05) is 47.0 Å². The van der Waals surface area contributed by atoms with Gasteiger partial charge in [-0.25, -0.2) is 8.42 Å². The van der Waals surface area contributed by atoms with Crippen molar-refractivity contribution in [1.82, 2.24) is 14.5 Å². The van der Waals surface area contributed by atoms with Crippen LogP contribution in [-0.2, 0) is 26.2 Å². The van der Waals surface area contributed by atoms with Gasteiger partial charge in [0.15, 0.2) is 0 Å². The first kappa shape index (κ1) is 28.1. The van der Waals surface area contributed by atoms with E-state index in [2.05, 4.69) is 5.32 Å². The summed E-state index contributed by atoms with van der Waals surface area (Å²) in [4.78, 5) is 27.6. The van der Waals surface area contributed by atoms with Crippen LogP contribution in [0, 0.1) is 6.92 Å². The number of carbonyl (C=O) groups excluding carboxylic acids is 2. The van der Waals surface area contributed by atoms with E-state index in [4.69, 9.17) is 23.2 Å². The summed E-state index contributed by atoms with van der Waals surface area (Å²) in [7, 11) is -2.56. The number of nitrogens with zero attached hydrogens (tertiary/aromatic N) is 2. The van der Waals surface area contributed by atoms with Gasteiger partial charge in [0.2, 0.25) is 21.8 Å². The zero-order valence-corrected chi connectivity index (χ0v) is 22.6. The van der Waals surface area contributed by atoms with E-state index < -0.39 is 34.1 Å². The van der Waals surface area contributed by atoms with Gasteiger partial charge in [0.25, 0.3) is 0 Å². The average Bonchev–Trinajstić information content (AvgIpc) is 2.72. The van der Waals surface area contributed by atoms with Crippen LogP contribution in [0.4, 0.5) is 0 Å². The van der Waals surface area contributed by atoms with Crippen LogP contribution in [0.15, 0.2) is 47.4 Å². The average molecular weight is 529 g/mol. The lowest BCUT2D eigenvalue weighted by molar-refractivity contribution is -0.141. The number of carbonyl (C=O) groups is 2. The van der Waals surface area contributed by atoms with Gasteiger partial charge in [-0.05, 0) is 64.4 Å². The number of benzene rings is 2. The molecule has 2 rings (SSSR count). The van der Waals surface area contributed by atoms with E-state index in [1.807, 2.05) is 27.7 Å². The molecule has 2 amide bonds. The molecule has 0 heterocycles. The summed E-state index contributed by atoms with van der Waals surface area (Å²) in [6.07, 6.45) is 0. The first-order valence-corrected chi connectivity index (χ1v) is 12.9. The van der Waals surface area contributed by atoms with Crippen molar-refractivity contribution in [3.63, 3.8) is 0 Å². The molecule has 10 heteroatoms. The van der Waals surface area contributed by atoms with E-state index in [0.717, 1.165) is 9.87 Å². The van der Waals surface area contributed by atoms with Crippen LogP contribution < -0.4 is 5.32 Å². The Labute approximate surface area is 212 Å². The minimum absolute atomic E-state index is 0.0485. The fourth-order valence-electron chi connectivity index (χ4n) is 3.15. The van der Waals surface area contributed by atoms with Gasteiger partial charge in [-0.2, -0.15) is 4.31 Å². The molecule has 186 valence electrons. The summed E-state index contributed by atoms with van der Waals surface area (Å²) >= 11 is 12.1. The highest BCUT2D eigenvalue weighted by Crippen LogP contribution is 2.24. The molecular weight excluding hydrogens is 497 g/mol. The molecular formula is C24H31Cl2N3O4S. The Bertz CT molecular complexity index is 1150. The second kappa shape index (κ2) is 11.1. The number of hydrogen-bond acceptors (Lipinski definition) is 4. The predicted molar refractivity (Wildman–Crippen MR) is 135 cm³/mol. The third kappa shape index (κ3) is 7.43. The summed E-state index contributed by atoms with van der Waals surface area (Å²) in [5.41, 5.74) is 1.07. The van der Waals surface area contributed by atoms with Crippen molar-refractivity contribution >= 4 is 45.0 Å². The number of amides is 2. The van der Waals surface area contributed by atoms with Crippen LogP contribution in [0.1, 0.15) is 38.8 Å². The van der Waals surface area contributed by atoms with Crippen molar-refractivity contribution in [3.05, 3.63) is 63.6 Å². The number of sulfonamides is 1. The number of aryl methyl sites for hydroxylation is 1. The van der Waals surface area contributed by atoms with Crippen LogP contribution in [0.25, 0.3) is 0 Å². The SMILES string of the molecule is Cc1ccc(S(=O)(=O)N(C)CC(=O)N(Cc2ccc(Cl)c(Cl)c2)[C@@H](C)C(=O)NC(C)(C)C)cc1. The molecule has 0 aliphatic heterocycles. The van der Waals surface area contributed by atoms with E-state index in [1.54, 1.807) is 37.3 Å². The lowest BCUT2D eigenvalue weighted by Gasteiger charge is -2.32. The van der Waals surface area contributed by atoms with Crippen LogP contribution >= 0.6 is 23.2 Å². The Morgan fingerprint density at radius 3 is 2.15 bits per heavy atom. The minimum atomic E-state index is -3.90. The van der Waals surface area contributed by atoms with Crippen molar-refractivity contribution in [1.29, 1.82) is 0 Å². The Hall–Kier alpha value is -2.13. The molecule has 2 aromatic carbocycles. The molecule has 0 aliphatic rings. The van der Waals surface area contributed by atoms with E-state index in [9.17, 15) is 18.0 Å². The largest absolute Gasteiger partial charge is 0.350 e. The first-order chi connectivity index (χ1) is 15.6. The topological polar surface area (TPSA) is 86.8 Å². The second-order valence-corrected chi connectivity index (χ2v) is 12.1. The van der Waals surface area contributed by atoms with Gasteiger partial charge >= 0.3 is 0 Å². The zero-order chi connectivity index (χ0) is 25.8. The summed E-state index contributed by atoms with van der Waals surface area (Å²) in [5.74, 6) is -0.884. The molecule has 0 aliphatic carbocycles. The maximum absolute atomic E-state index is 13.3. The van der Waals surface area contributed by atoms with Crippen molar-refractivity contribution < 1.29 is 18.0 Å². The molecule has 0 saturated carbocycles. The lowest BCUT2D eigenvalue weighted by atomic mass is 10.1. The highest BCUT2D eigenvalue weighted by atomic mass is 35.5. The van der Waals surface area contributed by atoms with Crippen LogP contribution in [0.5, 0.6) is 0 Å². The fraction of sp³-hybridized carbons (Fsp3) is 0.417. The molecule has 0 unspecified atom stereocenters. The van der Waals surface area contributed by atoms with Crippen LogP contribution in [-0.4, -0.2) is 54.6 Å². The summed E-state index contributed by atoms with van der Waals surface area (Å²) in [6, 6.07) is 10.4. The quantitative estimate of drug-likeness (QED) is 0.555. The standard InChI is InChI=1S/C24H31Cl2N3O4S/c1-16-7-10-19(11-8-16)34(32,33)28(6)15-22(30)29(17(2)23(31)27-24(3,4)5)14-18-9-12-20(25)21(26)13-18/h7-13,17H,14-15H2,1-6H3,(H,27,31)/t17-/m0/s1. The smallest absolute Gasteiger partial charge is 0.243 e. The van der Waals surface area contributed by atoms with E-state index >= 15 is 0 Å². The van der Waals surface area contributed by atoms with Crippen LogP contribution in [0.2, 0.25) is 10.0 Å². The molecule has 7 nitrogen and oxygen atoms in total. The monoisotopic (exact) mass is 527 g/mol. The number of hydrogen-bond donors (Lipinski definition) is 1. The lowest BCUT2D eigenvalue weighted by Crippen LogP contribution is -2.54. The van der Waals surface area contributed by atoms with Gasteiger partial charge in [0, 0.05) is 19.1 Å². The Morgan fingerprint density at radius 2 is 1.62 bits per heavy atom. The highest BCUT2D eigenvalue weighted by Gasteiger charge is 2.31. The van der Waals surface area contributed by atoms with Crippen molar-refractivity contribution in [2.45, 2.75) is 57.6 Å². The maximum Gasteiger partial charge on any atom is 0.243 e. The minimum Gasteiger partial charge on any atom is -0.350 e. The highest BCUT2D eigenvalue weighted by molar-refractivity contribution is 7.89. The molecule has 0 radical (unpaired) electrons. The van der Waals surface area contributed by atoms with Crippen molar-refractivity contribution in [3.8, 4) is 0 Å². The molecule has 0 bridgehead atoms. The molecule has 0 aromatic heterocycles. The Kier molecular flexibility index (Phi) is 9.16. The molecule has 1 atom stereocenters. The normalized spacial score (nSPS) is 13.0. The molecule has 0 saturated heterocycles. The van der Waals surface area contributed by atoms with Crippen molar-refractivity contribution in [2.75, 3.05) is 13.6 Å². The van der Waals surface area contributed by atoms with Gasteiger partial charge in [0.05, 0.1) is 21.5 Å². The summed E-state index contributed by atoms with van der Waals surface area (Å²) in [5, 5.41) is 3.55. The second-order valence-electron chi connectivity index (χ2n) is 9.26. The molecule has 34 heavy (non-hydrogen) atoms. The van der Waals surface area contributed by atoms with Gasteiger partial charge in [0.1, 0.15) is 6.04 Å². The summed E-state index contributed by atoms with van der Waals surface area (Å²) in [6.45, 7) is 8.58. The number of likely N-dealkylation sites (N-methyl/N-ethyl adjacent to an activating group) is 1. The number of nitrogens with one attached hydrogen (secondary N) is 1. The molecule has 1 N–H and O–H groups in total. The van der Waals surface area contributed by atoms with Gasteiger partial charge in [-0.15, -0.1) is 0 Å². The molecule has 0 fully saturated rings. The van der Waals surface area contributed by atoms with E-state index in [1.165, 1.54) is 24.1 Å². The Morgan fingerprint density at radius 1 is 1.03 bits per heavy atom. The fourth-order valence-corrected chi connectivity index (χ4v) is 4.59. The van der Waals surface area contributed by atoms with Gasteiger partial charge < -0.3 is 10.2 Å². The van der Waals surface area contributed by atoms with E-state index in [-0.39, 0.29) is 17.3 Å². The van der Waals surface area contributed by atoms with Gasteiger partial charge in [-0.3, -0.25) is 9.59 Å². The van der Waals surface area contributed by atoms with Crippen molar-refractivity contribution in [2.24, 2.45) is 0 Å². The third-order valence-corrected chi connectivity index (χ3v) is 7.65. The Balaban J connectivity index is 2.32. The molecule has 2 aromatic rings. The summed E-state index contributed by atoms with van der Waals surface area (Å²) < 4.78 is 26.9. The third-order valence-electron chi connectivity index (χ3n) is 5.09.